The second-order valence-electron chi connectivity index (χ2n) is 6.05. The zero-order chi connectivity index (χ0) is 18.9. The van der Waals surface area contributed by atoms with Gasteiger partial charge in [-0.15, -0.1) is 0 Å². The quantitative estimate of drug-likeness (QED) is 0.457. The Bertz CT molecular complexity index is 663. The maximum Gasteiger partial charge on any atom is 0.263 e. The molecule has 3 N–H and O–H groups in total. The van der Waals surface area contributed by atoms with E-state index in [9.17, 15) is 9.90 Å². The van der Waals surface area contributed by atoms with Gasteiger partial charge >= 0.3 is 0 Å². The number of rotatable bonds is 9. The first-order valence-electron chi connectivity index (χ1n) is 7.84. The van der Waals surface area contributed by atoms with Crippen LogP contribution in [0.2, 0.25) is 0 Å². The monoisotopic (exact) mass is 347 g/mol. The number of amides is 1. The van der Waals surface area contributed by atoms with E-state index in [1.165, 1.54) is 6.20 Å². The molecule has 1 aromatic rings. The highest BCUT2D eigenvalue weighted by atomic mass is 16.5. The lowest BCUT2D eigenvalue weighted by atomic mass is 10.1. The van der Waals surface area contributed by atoms with Gasteiger partial charge in [-0.25, -0.2) is 0 Å². The van der Waals surface area contributed by atoms with Crippen LogP contribution in [0.25, 0.3) is 0 Å². The molecule has 0 aromatic heterocycles. The number of carbonyl (C=O) groups excluding carboxylic acids is 1. The predicted octanol–water partition coefficient (Wildman–Crippen LogP) is 1.13. The van der Waals surface area contributed by atoms with Crippen molar-refractivity contribution in [1.29, 1.82) is 5.26 Å². The van der Waals surface area contributed by atoms with Gasteiger partial charge in [-0.2, -0.15) is 5.26 Å². The fraction of sp³-hybridized carbons (Fsp3) is 0.444. The summed E-state index contributed by atoms with van der Waals surface area (Å²) in [5.74, 6) is 0.797. The summed E-state index contributed by atoms with van der Waals surface area (Å²) < 4.78 is 10.4. The highest BCUT2D eigenvalue weighted by Gasteiger charge is 2.15. The topological polar surface area (TPSA) is 104 Å². The minimum absolute atomic E-state index is 0.0474. The summed E-state index contributed by atoms with van der Waals surface area (Å²) in [5.41, 5.74) is 0.316. The van der Waals surface area contributed by atoms with Gasteiger partial charge in [-0.1, -0.05) is 6.07 Å². The van der Waals surface area contributed by atoms with Gasteiger partial charge in [0.25, 0.3) is 5.91 Å². The minimum atomic E-state index is -0.609. The molecule has 0 fully saturated rings. The number of carbonyl (C=O) groups is 1. The summed E-state index contributed by atoms with van der Waals surface area (Å²) >= 11 is 0. The van der Waals surface area contributed by atoms with Gasteiger partial charge in [0.1, 0.15) is 11.6 Å². The second kappa shape index (κ2) is 9.55. The lowest BCUT2D eigenvalue weighted by Crippen LogP contribution is -2.40. The predicted molar refractivity (Wildman–Crippen MR) is 94.3 cm³/mol. The lowest BCUT2D eigenvalue weighted by Gasteiger charge is -2.22. The summed E-state index contributed by atoms with van der Waals surface area (Å²) in [6.07, 6.45) is 1.91. The fourth-order valence-electron chi connectivity index (χ4n) is 1.91. The molecule has 0 saturated carbocycles. The molecule has 0 aliphatic heterocycles. The summed E-state index contributed by atoms with van der Waals surface area (Å²) in [6, 6.07) is 7.39. The molecule has 1 aromatic carbocycles. The van der Waals surface area contributed by atoms with Crippen molar-refractivity contribution >= 4 is 5.91 Å². The summed E-state index contributed by atoms with van der Waals surface area (Å²) in [6.45, 7) is 3.76. The first-order chi connectivity index (χ1) is 11.9. The number of nitrogens with zero attached hydrogens (tertiary/aromatic N) is 1. The molecule has 0 bridgehead atoms. The Morgan fingerprint density at radius 1 is 1.32 bits per heavy atom. The largest absolute Gasteiger partial charge is 0.493 e. The normalized spacial score (nSPS) is 11.4. The van der Waals surface area contributed by atoms with Crippen molar-refractivity contribution in [3.8, 4) is 17.6 Å². The van der Waals surface area contributed by atoms with Crippen LogP contribution in [0.3, 0.4) is 0 Å². The van der Waals surface area contributed by atoms with E-state index in [1.807, 2.05) is 18.2 Å². The SMILES string of the molecule is COc1ccc(CCNC(=O)/C(C#N)=C\NC(C)(C)CO)cc1OC. The van der Waals surface area contributed by atoms with E-state index < -0.39 is 11.4 Å². The van der Waals surface area contributed by atoms with Gasteiger partial charge in [-0.3, -0.25) is 4.79 Å². The minimum Gasteiger partial charge on any atom is -0.493 e. The molecule has 136 valence electrons. The molecule has 0 atom stereocenters. The van der Waals surface area contributed by atoms with Crippen LogP contribution in [0.1, 0.15) is 19.4 Å². The standard InChI is InChI=1S/C18H25N3O4/c1-18(2,12-22)21-11-14(10-19)17(23)20-8-7-13-5-6-15(24-3)16(9-13)25-4/h5-6,9,11,21-22H,7-8,12H2,1-4H3,(H,20,23)/b14-11-. The van der Waals surface area contributed by atoms with Crippen molar-refractivity contribution in [2.45, 2.75) is 25.8 Å². The van der Waals surface area contributed by atoms with Crippen molar-refractivity contribution in [3.05, 3.63) is 35.5 Å². The maximum absolute atomic E-state index is 12.0. The molecule has 0 unspecified atom stereocenters. The van der Waals surface area contributed by atoms with Crippen LogP contribution in [-0.4, -0.2) is 43.9 Å². The number of ether oxygens (including phenoxy) is 2. The summed E-state index contributed by atoms with van der Waals surface area (Å²) in [5, 5.41) is 23.8. The average Bonchev–Trinajstić information content (AvgIpc) is 2.61. The van der Waals surface area contributed by atoms with E-state index in [-0.39, 0.29) is 12.2 Å². The average molecular weight is 347 g/mol. The highest BCUT2D eigenvalue weighted by molar-refractivity contribution is 5.97. The molecule has 1 rings (SSSR count). The van der Waals surface area contributed by atoms with Crippen LogP contribution in [0.5, 0.6) is 11.5 Å². The molecule has 0 saturated heterocycles. The molecule has 0 heterocycles. The highest BCUT2D eigenvalue weighted by Crippen LogP contribution is 2.27. The zero-order valence-electron chi connectivity index (χ0n) is 15.0. The van der Waals surface area contributed by atoms with Crippen LogP contribution in [0.15, 0.2) is 30.0 Å². The molecular weight excluding hydrogens is 322 g/mol. The molecule has 7 heteroatoms. The van der Waals surface area contributed by atoms with Crippen LogP contribution < -0.4 is 20.1 Å². The van der Waals surface area contributed by atoms with Gasteiger partial charge < -0.3 is 25.2 Å². The van der Waals surface area contributed by atoms with Crippen LogP contribution in [0, 0.1) is 11.3 Å². The van der Waals surface area contributed by atoms with Crippen molar-refractivity contribution in [3.63, 3.8) is 0 Å². The van der Waals surface area contributed by atoms with Crippen LogP contribution >= 0.6 is 0 Å². The third-order valence-corrected chi connectivity index (χ3v) is 3.51. The van der Waals surface area contributed by atoms with Crippen LogP contribution in [0.4, 0.5) is 0 Å². The summed E-state index contributed by atoms with van der Waals surface area (Å²) in [4.78, 5) is 12.0. The molecule has 0 aliphatic carbocycles. The molecule has 7 nitrogen and oxygen atoms in total. The molecule has 0 radical (unpaired) electrons. The fourth-order valence-corrected chi connectivity index (χ4v) is 1.91. The lowest BCUT2D eigenvalue weighted by molar-refractivity contribution is -0.117. The maximum atomic E-state index is 12.0. The van der Waals surface area contributed by atoms with Crippen molar-refractivity contribution in [1.82, 2.24) is 10.6 Å². The Kier molecular flexibility index (Phi) is 7.76. The Hall–Kier alpha value is -2.72. The van der Waals surface area contributed by atoms with E-state index in [2.05, 4.69) is 10.6 Å². The van der Waals surface area contributed by atoms with Crippen molar-refractivity contribution in [2.75, 3.05) is 27.4 Å². The van der Waals surface area contributed by atoms with E-state index in [4.69, 9.17) is 14.7 Å². The van der Waals surface area contributed by atoms with Gasteiger partial charge in [0.2, 0.25) is 0 Å². The van der Waals surface area contributed by atoms with E-state index in [0.29, 0.717) is 24.5 Å². The molecule has 1 amide bonds. The number of aliphatic hydroxyl groups is 1. The van der Waals surface area contributed by atoms with E-state index in [0.717, 1.165) is 5.56 Å². The van der Waals surface area contributed by atoms with Gasteiger partial charge in [0.15, 0.2) is 11.5 Å². The number of aliphatic hydroxyl groups excluding tert-OH is 1. The molecule has 0 spiro atoms. The Morgan fingerprint density at radius 3 is 2.56 bits per heavy atom. The summed E-state index contributed by atoms with van der Waals surface area (Å²) in [7, 11) is 3.13. The third-order valence-electron chi connectivity index (χ3n) is 3.51. The second-order valence-corrected chi connectivity index (χ2v) is 6.05. The van der Waals surface area contributed by atoms with Gasteiger partial charge in [0.05, 0.1) is 26.4 Å². The van der Waals surface area contributed by atoms with Gasteiger partial charge in [0, 0.05) is 12.7 Å². The first-order valence-corrected chi connectivity index (χ1v) is 7.84. The number of methoxy groups -OCH3 is 2. The molecular formula is C18H25N3O4. The van der Waals surface area contributed by atoms with Crippen molar-refractivity contribution in [2.24, 2.45) is 0 Å². The molecule has 25 heavy (non-hydrogen) atoms. The van der Waals surface area contributed by atoms with E-state index >= 15 is 0 Å². The Morgan fingerprint density at radius 2 is 2.00 bits per heavy atom. The first kappa shape index (κ1) is 20.3. The number of nitrogens with one attached hydrogen (secondary N) is 2. The number of hydrogen-bond acceptors (Lipinski definition) is 6. The zero-order valence-corrected chi connectivity index (χ0v) is 15.0. The van der Waals surface area contributed by atoms with E-state index in [1.54, 1.807) is 34.1 Å². The van der Waals surface area contributed by atoms with Crippen molar-refractivity contribution < 1.29 is 19.4 Å². The Balaban J connectivity index is 2.61. The van der Waals surface area contributed by atoms with Crippen LogP contribution in [-0.2, 0) is 11.2 Å². The molecule has 0 aliphatic rings. The number of nitriles is 1. The Labute approximate surface area is 148 Å². The smallest absolute Gasteiger partial charge is 0.263 e. The number of hydrogen-bond donors (Lipinski definition) is 3. The third kappa shape index (κ3) is 6.36. The number of benzene rings is 1. The van der Waals surface area contributed by atoms with Gasteiger partial charge in [-0.05, 0) is 38.0 Å².